The van der Waals surface area contributed by atoms with Crippen LogP contribution in [0.3, 0.4) is 0 Å². The number of aryl methyl sites for hydroxylation is 1. The highest BCUT2D eigenvalue weighted by molar-refractivity contribution is 6.06. The fourth-order valence-electron chi connectivity index (χ4n) is 5.57. The number of hydrogen-bond acceptors (Lipinski definition) is 5. The molecule has 0 spiro atoms. The molecule has 0 saturated carbocycles. The molecule has 2 heterocycles. The molecule has 1 aromatic heterocycles. The van der Waals surface area contributed by atoms with Gasteiger partial charge >= 0.3 is 6.03 Å². The van der Waals surface area contributed by atoms with Crippen LogP contribution in [0, 0.1) is 19.7 Å². The topological polar surface area (TPSA) is 91.7 Å². The molecule has 4 aromatic rings. The number of nitrogens with one attached hydrogen (secondary N) is 2. The summed E-state index contributed by atoms with van der Waals surface area (Å²) in [6.07, 6.45) is 3.30. The summed E-state index contributed by atoms with van der Waals surface area (Å²) in [4.78, 5) is 28.1. The molecule has 2 N–H and O–H groups in total. The minimum atomic E-state index is -0.349. The lowest BCUT2D eigenvalue weighted by Crippen LogP contribution is -2.43. The largest absolute Gasteiger partial charge is 0.496 e. The van der Waals surface area contributed by atoms with E-state index in [1.807, 2.05) is 69.4 Å². The number of aromatic nitrogens is 2. The van der Waals surface area contributed by atoms with Crippen LogP contribution in [0.4, 0.5) is 14.9 Å². The fraction of sp³-hybridized carbons (Fsp3) is 0.265. The standard InChI is InChI=1S/C34H37FN6O3/c1-21-26(23-15-30(35)29(32(16-23)44-6)18-36-17-25-13-14-37-41(25)5)9-7-10-27(21)28-11-8-12-31(22(28)2)38-33(42)24-19-39(3)34(43)40(4)20-24/h7-16,19,36H,17-18,20H2,1-6H3,(H,38,42). The Morgan fingerprint density at radius 2 is 1.68 bits per heavy atom. The maximum Gasteiger partial charge on any atom is 0.323 e. The third-order valence-electron chi connectivity index (χ3n) is 8.10. The lowest BCUT2D eigenvalue weighted by atomic mass is 9.90. The van der Waals surface area contributed by atoms with Crippen molar-refractivity contribution in [1.82, 2.24) is 24.9 Å². The highest BCUT2D eigenvalue weighted by atomic mass is 19.1. The number of nitrogens with zero attached hydrogens (tertiary/aromatic N) is 4. The third-order valence-corrected chi connectivity index (χ3v) is 8.10. The summed E-state index contributed by atoms with van der Waals surface area (Å²) in [6, 6.07) is 16.9. The summed E-state index contributed by atoms with van der Waals surface area (Å²) in [5.41, 5.74) is 8.01. The second kappa shape index (κ2) is 12.7. The van der Waals surface area contributed by atoms with Gasteiger partial charge in [-0.3, -0.25) is 9.48 Å². The van der Waals surface area contributed by atoms with E-state index in [4.69, 9.17) is 4.74 Å². The molecule has 3 amide bonds. The smallest absolute Gasteiger partial charge is 0.323 e. The van der Waals surface area contributed by atoms with Gasteiger partial charge in [0.25, 0.3) is 5.91 Å². The van der Waals surface area contributed by atoms with Gasteiger partial charge in [0.15, 0.2) is 0 Å². The van der Waals surface area contributed by atoms with Crippen LogP contribution in [-0.2, 0) is 24.9 Å². The number of ether oxygens (including phenoxy) is 1. The molecule has 5 rings (SSSR count). The van der Waals surface area contributed by atoms with E-state index in [1.54, 1.807) is 44.4 Å². The van der Waals surface area contributed by atoms with Crippen molar-refractivity contribution in [2.75, 3.05) is 33.1 Å². The molecular formula is C34H37FN6O3. The Morgan fingerprint density at radius 1 is 0.977 bits per heavy atom. The zero-order valence-corrected chi connectivity index (χ0v) is 25.9. The van der Waals surface area contributed by atoms with Gasteiger partial charge in [-0.2, -0.15) is 5.10 Å². The number of urea groups is 1. The molecule has 0 fully saturated rings. The molecule has 0 atom stereocenters. The van der Waals surface area contributed by atoms with E-state index in [0.29, 0.717) is 41.2 Å². The van der Waals surface area contributed by atoms with Crippen molar-refractivity contribution in [3.8, 4) is 28.0 Å². The molecule has 9 nitrogen and oxygen atoms in total. The Bertz CT molecular complexity index is 1760. The predicted molar refractivity (Wildman–Crippen MR) is 170 cm³/mol. The van der Waals surface area contributed by atoms with E-state index >= 15 is 4.39 Å². The van der Waals surface area contributed by atoms with Crippen LogP contribution in [0.15, 0.2) is 72.6 Å². The molecule has 0 radical (unpaired) electrons. The van der Waals surface area contributed by atoms with Gasteiger partial charge in [-0.1, -0.05) is 30.3 Å². The first-order chi connectivity index (χ1) is 21.1. The molecule has 1 aliphatic heterocycles. The van der Waals surface area contributed by atoms with E-state index in [2.05, 4.69) is 15.7 Å². The molecule has 0 bridgehead atoms. The van der Waals surface area contributed by atoms with E-state index in [1.165, 1.54) is 9.80 Å². The number of likely N-dealkylation sites (N-methyl/N-ethyl adjacent to an activating group) is 1. The first-order valence-electron chi connectivity index (χ1n) is 14.3. The molecule has 228 valence electrons. The van der Waals surface area contributed by atoms with Gasteiger partial charge in [-0.15, -0.1) is 0 Å². The first kappa shape index (κ1) is 30.5. The average Bonchev–Trinajstić information content (AvgIpc) is 3.41. The average molecular weight is 597 g/mol. The minimum absolute atomic E-state index is 0.167. The van der Waals surface area contributed by atoms with Crippen LogP contribution in [0.2, 0.25) is 0 Å². The number of benzene rings is 3. The van der Waals surface area contributed by atoms with Crippen LogP contribution in [0.25, 0.3) is 22.3 Å². The second-order valence-corrected chi connectivity index (χ2v) is 11.0. The lowest BCUT2D eigenvalue weighted by Gasteiger charge is -2.29. The number of hydrogen-bond donors (Lipinski definition) is 2. The summed E-state index contributed by atoms with van der Waals surface area (Å²) in [7, 11) is 6.71. The highest BCUT2D eigenvalue weighted by Crippen LogP contribution is 2.37. The number of halogens is 1. The number of rotatable bonds is 9. The number of carbonyl (C=O) groups is 2. The van der Waals surface area contributed by atoms with Crippen molar-refractivity contribution >= 4 is 17.6 Å². The SMILES string of the molecule is COc1cc(-c2cccc(-c3cccc(NC(=O)C4=CN(C)C(=O)N(C)C4)c3C)c2C)cc(F)c1CNCc1ccnn1C. The molecule has 0 aliphatic carbocycles. The molecule has 10 heteroatoms. The maximum absolute atomic E-state index is 15.5. The van der Waals surface area contributed by atoms with E-state index < -0.39 is 0 Å². The lowest BCUT2D eigenvalue weighted by molar-refractivity contribution is -0.113. The normalized spacial score (nSPS) is 13.2. The Hall–Kier alpha value is -4.96. The first-order valence-corrected chi connectivity index (χ1v) is 14.3. The summed E-state index contributed by atoms with van der Waals surface area (Å²) in [5.74, 6) is -0.143. The van der Waals surface area contributed by atoms with Crippen LogP contribution in [0.1, 0.15) is 22.4 Å². The molecule has 44 heavy (non-hydrogen) atoms. The van der Waals surface area contributed by atoms with Crippen LogP contribution in [-0.4, -0.2) is 59.3 Å². The zero-order chi connectivity index (χ0) is 31.5. The zero-order valence-electron chi connectivity index (χ0n) is 25.9. The van der Waals surface area contributed by atoms with E-state index in [0.717, 1.165) is 33.5 Å². The van der Waals surface area contributed by atoms with Gasteiger partial charge in [-0.05, 0) is 71.5 Å². The van der Waals surface area contributed by atoms with Gasteiger partial charge < -0.3 is 25.2 Å². The van der Waals surface area contributed by atoms with Crippen molar-refractivity contribution in [1.29, 1.82) is 0 Å². The predicted octanol–water partition coefficient (Wildman–Crippen LogP) is 5.63. The summed E-state index contributed by atoms with van der Waals surface area (Å²) in [5, 5.41) is 10.5. The molecular weight excluding hydrogens is 559 g/mol. The van der Waals surface area contributed by atoms with Crippen molar-refractivity contribution in [3.05, 3.63) is 101 Å². The fourth-order valence-corrected chi connectivity index (χ4v) is 5.57. The Balaban J connectivity index is 1.41. The monoisotopic (exact) mass is 596 g/mol. The quantitative estimate of drug-likeness (QED) is 0.262. The van der Waals surface area contributed by atoms with Crippen molar-refractivity contribution in [2.45, 2.75) is 26.9 Å². The van der Waals surface area contributed by atoms with Gasteiger partial charge in [-0.25, -0.2) is 9.18 Å². The maximum atomic E-state index is 15.5. The Kier molecular flexibility index (Phi) is 8.82. The number of methoxy groups -OCH3 is 1. The summed E-state index contributed by atoms with van der Waals surface area (Å²) < 4.78 is 22.9. The Morgan fingerprint density at radius 3 is 2.36 bits per heavy atom. The summed E-state index contributed by atoms with van der Waals surface area (Å²) >= 11 is 0. The van der Waals surface area contributed by atoms with E-state index in [9.17, 15) is 9.59 Å². The van der Waals surface area contributed by atoms with Gasteiger partial charge in [0.1, 0.15) is 11.6 Å². The van der Waals surface area contributed by atoms with Gasteiger partial charge in [0, 0.05) is 57.9 Å². The molecule has 0 unspecified atom stereocenters. The molecule has 3 aromatic carbocycles. The Labute approximate surface area is 256 Å². The number of amides is 3. The minimum Gasteiger partial charge on any atom is -0.496 e. The summed E-state index contributed by atoms with van der Waals surface area (Å²) in [6.45, 7) is 5.06. The highest BCUT2D eigenvalue weighted by Gasteiger charge is 2.25. The van der Waals surface area contributed by atoms with Crippen LogP contribution >= 0.6 is 0 Å². The molecule has 1 aliphatic rings. The second-order valence-electron chi connectivity index (χ2n) is 11.0. The van der Waals surface area contributed by atoms with Crippen molar-refractivity contribution in [3.63, 3.8) is 0 Å². The molecule has 0 saturated heterocycles. The van der Waals surface area contributed by atoms with Gasteiger partial charge in [0.05, 0.1) is 24.9 Å². The van der Waals surface area contributed by atoms with Crippen LogP contribution < -0.4 is 15.4 Å². The third kappa shape index (κ3) is 6.07. The van der Waals surface area contributed by atoms with Gasteiger partial charge in [0.2, 0.25) is 0 Å². The van der Waals surface area contributed by atoms with Crippen molar-refractivity contribution in [2.24, 2.45) is 7.05 Å². The van der Waals surface area contributed by atoms with Crippen LogP contribution in [0.5, 0.6) is 5.75 Å². The number of carbonyl (C=O) groups excluding carboxylic acids is 2. The number of anilines is 1. The van der Waals surface area contributed by atoms with E-state index in [-0.39, 0.29) is 24.3 Å². The van der Waals surface area contributed by atoms with Crippen molar-refractivity contribution < 1.29 is 18.7 Å².